The Morgan fingerprint density at radius 1 is 1.43 bits per heavy atom. The van der Waals surface area contributed by atoms with Crippen molar-refractivity contribution in [1.29, 1.82) is 0 Å². The van der Waals surface area contributed by atoms with E-state index in [1.165, 1.54) is 12.8 Å². The summed E-state index contributed by atoms with van der Waals surface area (Å²) in [5.41, 5.74) is 0. The minimum absolute atomic E-state index is 0.492. The number of nitrogens with one attached hydrogen (secondary N) is 1. The van der Waals surface area contributed by atoms with Crippen LogP contribution in [0.2, 0.25) is 5.02 Å². The fourth-order valence-corrected chi connectivity index (χ4v) is 1.84. The fraction of sp³-hybridized carbons (Fsp3) is 0.455. The van der Waals surface area contributed by atoms with Gasteiger partial charge in [0.25, 0.3) is 0 Å². The van der Waals surface area contributed by atoms with Crippen LogP contribution in [0.25, 0.3) is 0 Å². The first kappa shape index (κ1) is 9.81. The number of rotatable bonds is 3. The summed E-state index contributed by atoms with van der Waals surface area (Å²) in [6.45, 7) is 1.82. The Kier molecular flexibility index (Phi) is 3.27. The van der Waals surface area contributed by atoms with Gasteiger partial charge >= 0.3 is 0 Å². The zero-order chi connectivity index (χ0) is 9.80. The van der Waals surface area contributed by atoms with Crippen LogP contribution < -0.4 is 10.1 Å². The third kappa shape index (κ3) is 2.40. The SMILES string of the molecule is Clc1ccccc1OC[C@H]1CCCN1. The van der Waals surface area contributed by atoms with Crippen molar-refractivity contribution in [1.82, 2.24) is 5.32 Å². The Bertz CT molecular complexity index is 297. The molecule has 1 saturated heterocycles. The highest BCUT2D eigenvalue weighted by atomic mass is 35.5. The fourth-order valence-electron chi connectivity index (χ4n) is 1.65. The summed E-state index contributed by atoms with van der Waals surface area (Å²) < 4.78 is 5.63. The average molecular weight is 212 g/mol. The van der Waals surface area contributed by atoms with Crippen LogP contribution in [0, 0.1) is 0 Å². The number of ether oxygens (including phenoxy) is 1. The summed E-state index contributed by atoms with van der Waals surface area (Å²) in [5.74, 6) is 0.780. The molecule has 0 amide bonds. The number of para-hydroxylation sites is 1. The molecule has 1 atom stereocenters. The van der Waals surface area contributed by atoms with E-state index in [1.807, 2.05) is 24.3 Å². The minimum Gasteiger partial charge on any atom is -0.490 e. The smallest absolute Gasteiger partial charge is 0.137 e. The van der Waals surface area contributed by atoms with Crippen molar-refractivity contribution < 1.29 is 4.74 Å². The largest absolute Gasteiger partial charge is 0.490 e. The van der Waals surface area contributed by atoms with Gasteiger partial charge in [0.2, 0.25) is 0 Å². The van der Waals surface area contributed by atoms with Gasteiger partial charge in [-0.2, -0.15) is 0 Å². The highest BCUT2D eigenvalue weighted by Crippen LogP contribution is 2.23. The molecule has 1 heterocycles. The van der Waals surface area contributed by atoms with Gasteiger partial charge in [-0.1, -0.05) is 23.7 Å². The highest BCUT2D eigenvalue weighted by molar-refractivity contribution is 6.32. The Labute approximate surface area is 89.2 Å². The van der Waals surface area contributed by atoms with E-state index in [0.29, 0.717) is 17.7 Å². The molecule has 14 heavy (non-hydrogen) atoms. The van der Waals surface area contributed by atoms with Gasteiger partial charge in [0.1, 0.15) is 12.4 Å². The van der Waals surface area contributed by atoms with Gasteiger partial charge in [0, 0.05) is 6.04 Å². The third-order valence-electron chi connectivity index (χ3n) is 2.44. The second-order valence-electron chi connectivity index (χ2n) is 3.53. The molecule has 0 spiro atoms. The molecule has 0 saturated carbocycles. The molecule has 1 N–H and O–H groups in total. The third-order valence-corrected chi connectivity index (χ3v) is 2.75. The molecular formula is C11H14ClNO. The first-order valence-corrected chi connectivity index (χ1v) is 5.35. The van der Waals surface area contributed by atoms with Crippen molar-refractivity contribution in [2.45, 2.75) is 18.9 Å². The van der Waals surface area contributed by atoms with E-state index >= 15 is 0 Å². The van der Waals surface area contributed by atoms with E-state index in [2.05, 4.69) is 5.32 Å². The molecule has 1 fully saturated rings. The van der Waals surface area contributed by atoms with Crippen LogP contribution in [0.1, 0.15) is 12.8 Å². The van der Waals surface area contributed by atoms with E-state index in [1.54, 1.807) is 0 Å². The Balaban J connectivity index is 1.88. The summed E-state index contributed by atoms with van der Waals surface area (Å²) in [7, 11) is 0. The van der Waals surface area contributed by atoms with Crippen LogP contribution in [0.15, 0.2) is 24.3 Å². The lowest BCUT2D eigenvalue weighted by Crippen LogP contribution is -2.28. The van der Waals surface area contributed by atoms with Gasteiger partial charge in [-0.25, -0.2) is 0 Å². The predicted octanol–water partition coefficient (Wildman–Crippen LogP) is 2.47. The molecule has 0 radical (unpaired) electrons. The highest BCUT2D eigenvalue weighted by Gasteiger charge is 2.14. The topological polar surface area (TPSA) is 21.3 Å². The van der Waals surface area contributed by atoms with Crippen LogP contribution in [0.3, 0.4) is 0 Å². The first-order chi connectivity index (χ1) is 6.86. The Morgan fingerprint density at radius 3 is 3.00 bits per heavy atom. The molecular weight excluding hydrogens is 198 g/mol. The Hall–Kier alpha value is -0.730. The van der Waals surface area contributed by atoms with Crippen LogP contribution in [0.5, 0.6) is 5.75 Å². The molecule has 0 bridgehead atoms. The van der Waals surface area contributed by atoms with E-state index in [9.17, 15) is 0 Å². The van der Waals surface area contributed by atoms with Gasteiger partial charge in [0.15, 0.2) is 0 Å². The van der Waals surface area contributed by atoms with Gasteiger partial charge in [0.05, 0.1) is 5.02 Å². The van der Waals surface area contributed by atoms with Crippen LogP contribution in [-0.4, -0.2) is 19.2 Å². The molecule has 0 aromatic heterocycles. The molecule has 1 aromatic rings. The Morgan fingerprint density at radius 2 is 2.29 bits per heavy atom. The predicted molar refractivity (Wildman–Crippen MR) is 58.0 cm³/mol. The lowest BCUT2D eigenvalue weighted by molar-refractivity contribution is 0.277. The second-order valence-corrected chi connectivity index (χ2v) is 3.94. The summed E-state index contributed by atoms with van der Waals surface area (Å²) in [5, 5.41) is 4.06. The molecule has 0 unspecified atom stereocenters. The van der Waals surface area contributed by atoms with Gasteiger partial charge in [-0.05, 0) is 31.5 Å². The van der Waals surface area contributed by atoms with Crippen LogP contribution in [-0.2, 0) is 0 Å². The van der Waals surface area contributed by atoms with Gasteiger partial charge in [-0.3, -0.25) is 0 Å². The molecule has 1 aliphatic rings. The summed E-state index contributed by atoms with van der Waals surface area (Å²) in [6, 6.07) is 8.08. The van der Waals surface area contributed by atoms with E-state index in [-0.39, 0.29) is 0 Å². The van der Waals surface area contributed by atoms with Crippen molar-refractivity contribution >= 4 is 11.6 Å². The van der Waals surface area contributed by atoms with Crippen molar-refractivity contribution in [3.05, 3.63) is 29.3 Å². The average Bonchev–Trinajstić information content (AvgIpc) is 2.69. The monoisotopic (exact) mass is 211 g/mol. The van der Waals surface area contributed by atoms with Gasteiger partial charge < -0.3 is 10.1 Å². The quantitative estimate of drug-likeness (QED) is 0.830. The van der Waals surface area contributed by atoms with Crippen LogP contribution >= 0.6 is 11.6 Å². The van der Waals surface area contributed by atoms with Crippen molar-refractivity contribution in [2.75, 3.05) is 13.2 Å². The van der Waals surface area contributed by atoms with Gasteiger partial charge in [-0.15, -0.1) is 0 Å². The number of benzene rings is 1. The second kappa shape index (κ2) is 4.67. The first-order valence-electron chi connectivity index (χ1n) is 4.97. The number of hydrogen-bond acceptors (Lipinski definition) is 2. The van der Waals surface area contributed by atoms with Crippen molar-refractivity contribution in [2.24, 2.45) is 0 Å². The molecule has 76 valence electrons. The molecule has 3 heteroatoms. The lowest BCUT2D eigenvalue weighted by atomic mass is 10.2. The summed E-state index contributed by atoms with van der Waals surface area (Å²) in [6.07, 6.45) is 2.45. The van der Waals surface area contributed by atoms with Crippen molar-refractivity contribution in [3.63, 3.8) is 0 Å². The molecule has 2 rings (SSSR count). The molecule has 1 aromatic carbocycles. The zero-order valence-electron chi connectivity index (χ0n) is 8.00. The standard InChI is InChI=1S/C11H14ClNO/c12-10-5-1-2-6-11(10)14-8-9-4-3-7-13-9/h1-2,5-6,9,13H,3-4,7-8H2/t9-/m1/s1. The number of halogens is 1. The van der Waals surface area contributed by atoms with Crippen LogP contribution in [0.4, 0.5) is 0 Å². The zero-order valence-corrected chi connectivity index (χ0v) is 8.76. The molecule has 0 aliphatic carbocycles. The van der Waals surface area contributed by atoms with Crippen molar-refractivity contribution in [3.8, 4) is 5.75 Å². The minimum atomic E-state index is 0.492. The lowest BCUT2D eigenvalue weighted by Gasteiger charge is -2.12. The summed E-state index contributed by atoms with van der Waals surface area (Å²) in [4.78, 5) is 0. The van der Waals surface area contributed by atoms with E-state index in [4.69, 9.17) is 16.3 Å². The molecule has 2 nitrogen and oxygen atoms in total. The summed E-state index contributed by atoms with van der Waals surface area (Å²) >= 11 is 5.96. The van der Waals surface area contributed by atoms with E-state index in [0.717, 1.165) is 12.3 Å². The number of hydrogen-bond donors (Lipinski definition) is 1. The normalized spacial score (nSPS) is 21.1. The maximum Gasteiger partial charge on any atom is 0.137 e. The molecule has 1 aliphatic heterocycles. The maximum absolute atomic E-state index is 5.96. The van der Waals surface area contributed by atoms with E-state index < -0.39 is 0 Å². The maximum atomic E-state index is 5.96.